The summed E-state index contributed by atoms with van der Waals surface area (Å²) in [7, 11) is -3.72. The molecule has 0 aliphatic heterocycles. The second kappa shape index (κ2) is 7.17. The Kier molecular flexibility index (Phi) is 4.24. The van der Waals surface area contributed by atoms with E-state index in [2.05, 4.69) is 66.7 Å². The lowest BCUT2D eigenvalue weighted by Crippen LogP contribution is -2.26. The zero-order valence-electron chi connectivity index (χ0n) is 18.6. The summed E-state index contributed by atoms with van der Waals surface area (Å²) in [4.78, 5) is 0.520. The smallest absolute Gasteiger partial charge is 0.206 e. The van der Waals surface area contributed by atoms with E-state index in [4.69, 9.17) is 11.6 Å². The molecule has 5 aromatic rings. The quantitative estimate of drug-likeness (QED) is 0.251. The Bertz CT molecular complexity index is 1710. The molecule has 5 aromatic carbocycles. The molecule has 4 heteroatoms. The maximum Gasteiger partial charge on any atom is 0.206 e. The number of hydrogen-bond acceptors (Lipinski definition) is 2. The Morgan fingerprint density at radius 2 is 0.914 bits per heavy atom. The van der Waals surface area contributed by atoms with Crippen molar-refractivity contribution in [2.24, 2.45) is 0 Å². The van der Waals surface area contributed by atoms with Gasteiger partial charge in [0.1, 0.15) is 0 Å². The van der Waals surface area contributed by atoms with Gasteiger partial charge in [-0.25, -0.2) is 8.42 Å². The van der Waals surface area contributed by atoms with Crippen molar-refractivity contribution in [3.63, 3.8) is 0 Å². The maximum absolute atomic E-state index is 13.7. The van der Waals surface area contributed by atoms with E-state index in [0.29, 0.717) is 5.02 Å². The van der Waals surface area contributed by atoms with Crippen molar-refractivity contribution in [1.29, 1.82) is 0 Å². The minimum absolute atomic E-state index is 0.235. The molecule has 0 amide bonds. The molecule has 1 spiro atoms. The lowest BCUT2D eigenvalue weighted by Gasteiger charge is -2.30. The first kappa shape index (κ1) is 20.7. The normalized spacial score (nSPS) is 14.3. The van der Waals surface area contributed by atoms with E-state index in [9.17, 15) is 8.42 Å². The van der Waals surface area contributed by atoms with Gasteiger partial charge in [0.25, 0.3) is 0 Å². The van der Waals surface area contributed by atoms with Crippen LogP contribution in [0.4, 0.5) is 0 Å². The van der Waals surface area contributed by atoms with Gasteiger partial charge in [0.2, 0.25) is 9.84 Å². The van der Waals surface area contributed by atoms with Gasteiger partial charge in [0.15, 0.2) is 0 Å². The number of halogens is 1. The maximum atomic E-state index is 13.7. The standard InChI is InChI=1S/C31H19ClO2S/c32-20-13-15-21(16-14-20)35(33,34)22-17-18-26-25-9-3-6-12-29(25)31(30(26)19-22)27-10-4-1-7-23(27)24-8-2-5-11-28(24)31/h1-19H. The van der Waals surface area contributed by atoms with Gasteiger partial charge in [-0.05, 0) is 80.9 Å². The molecular formula is C31H19ClO2S. The van der Waals surface area contributed by atoms with Crippen LogP contribution < -0.4 is 0 Å². The first-order valence-corrected chi connectivity index (χ1v) is 13.3. The number of fused-ring (bicyclic) bond motifs is 10. The van der Waals surface area contributed by atoms with E-state index in [1.54, 1.807) is 30.3 Å². The van der Waals surface area contributed by atoms with Gasteiger partial charge in [-0.3, -0.25) is 0 Å². The van der Waals surface area contributed by atoms with Crippen LogP contribution in [0.25, 0.3) is 22.3 Å². The predicted octanol–water partition coefficient (Wildman–Crippen LogP) is 7.52. The number of rotatable bonds is 2. The summed E-state index contributed by atoms with van der Waals surface area (Å²) >= 11 is 6.02. The topological polar surface area (TPSA) is 34.1 Å². The summed E-state index contributed by atoms with van der Waals surface area (Å²) in [5.74, 6) is 0. The Balaban J connectivity index is 1.58. The number of benzene rings is 5. The average molecular weight is 491 g/mol. The average Bonchev–Trinajstić information content (AvgIpc) is 3.36. The minimum Gasteiger partial charge on any atom is -0.219 e. The molecule has 0 fully saturated rings. The van der Waals surface area contributed by atoms with Crippen LogP contribution in [0.1, 0.15) is 22.3 Å². The van der Waals surface area contributed by atoms with Crippen molar-refractivity contribution in [2.75, 3.05) is 0 Å². The van der Waals surface area contributed by atoms with Gasteiger partial charge in [0, 0.05) is 5.02 Å². The van der Waals surface area contributed by atoms with Crippen molar-refractivity contribution < 1.29 is 8.42 Å². The SMILES string of the molecule is O=S(=O)(c1ccc(Cl)cc1)c1ccc2c(c1)C1(c3ccccc3-c3ccccc31)c1ccccc1-2. The molecule has 0 saturated carbocycles. The lowest BCUT2D eigenvalue weighted by molar-refractivity contribution is 0.596. The summed E-state index contributed by atoms with van der Waals surface area (Å²) in [5, 5.41) is 0.506. The van der Waals surface area contributed by atoms with Crippen LogP contribution in [0.15, 0.2) is 125 Å². The highest BCUT2D eigenvalue weighted by molar-refractivity contribution is 7.91. The summed E-state index contributed by atoms with van der Waals surface area (Å²) in [6.07, 6.45) is 0. The van der Waals surface area contributed by atoms with Crippen LogP contribution in [0.3, 0.4) is 0 Å². The molecule has 7 rings (SSSR count). The zero-order chi connectivity index (χ0) is 23.8. The summed E-state index contributed by atoms with van der Waals surface area (Å²) in [5.41, 5.74) is 8.60. The van der Waals surface area contributed by atoms with Crippen LogP contribution >= 0.6 is 11.6 Å². The number of hydrogen-bond donors (Lipinski definition) is 0. The molecular weight excluding hydrogens is 472 g/mol. The minimum atomic E-state index is -3.72. The van der Waals surface area contributed by atoms with Crippen LogP contribution in [-0.4, -0.2) is 8.42 Å². The van der Waals surface area contributed by atoms with Crippen LogP contribution in [-0.2, 0) is 15.3 Å². The van der Waals surface area contributed by atoms with E-state index < -0.39 is 15.3 Å². The molecule has 2 nitrogen and oxygen atoms in total. The summed E-state index contributed by atoms with van der Waals surface area (Å²) < 4.78 is 27.3. The molecule has 0 bridgehead atoms. The number of sulfone groups is 1. The highest BCUT2D eigenvalue weighted by Crippen LogP contribution is 2.62. The molecule has 0 saturated heterocycles. The third-order valence-corrected chi connectivity index (χ3v) is 9.42. The van der Waals surface area contributed by atoms with Crippen molar-refractivity contribution in [3.8, 4) is 22.3 Å². The zero-order valence-corrected chi connectivity index (χ0v) is 20.1. The summed E-state index contributed by atoms with van der Waals surface area (Å²) in [6, 6.07) is 37.3. The van der Waals surface area contributed by atoms with Gasteiger partial charge >= 0.3 is 0 Å². The molecule has 0 atom stereocenters. The highest BCUT2D eigenvalue weighted by Gasteiger charge is 2.51. The monoisotopic (exact) mass is 490 g/mol. The largest absolute Gasteiger partial charge is 0.219 e. The third kappa shape index (κ3) is 2.63. The van der Waals surface area contributed by atoms with E-state index in [0.717, 1.165) is 16.7 Å². The Morgan fingerprint density at radius 3 is 1.43 bits per heavy atom. The predicted molar refractivity (Wildman–Crippen MR) is 140 cm³/mol. The Hall–Kier alpha value is -3.66. The molecule has 0 heterocycles. The molecule has 168 valence electrons. The fraction of sp³-hybridized carbons (Fsp3) is 0.0323. The fourth-order valence-corrected chi connectivity index (χ4v) is 7.40. The second-order valence-corrected chi connectivity index (χ2v) is 11.4. The van der Waals surface area contributed by atoms with Gasteiger partial charge in [-0.15, -0.1) is 0 Å². The van der Waals surface area contributed by atoms with Gasteiger partial charge < -0.3 is 0 Å². The fourth-order valence-electron chi connectivity index (χ4n) is 5.99. The van der Waals surface area contributed by atoms with Crippen molar-refractivity contribution >= 4 is 21.4 Å². The van der Waals surface area contributed by atoms with E-state index in [1.165, 1.54) is 27.8 Å². The van der Waals surface area contributed by atoms with Crippen molar-refractivity contribution in [2.45, 2.75) is 15.2 Å². The van der Waals surface area contributed by atoms with Crippen LogP contribution in [0.5, 0.6) is 0 Å². The molecule has 0 radical (unpaired) electrons. The van der Waals surface area contributed by atoms with Crippen molar-refractivity contribution in [1.82, 2.24) is 0 Å². The first-order chi connectivity index (χ1) is 17.0. The molecule has 2 aliphatic carbocycles. The van der Waals surface area contributed by atoms with Gasteiger partial charge in [0.05, 0.1) is 15.2 Å². The van der Waals surface area contributed by atoms with E-state index in [-0.39, 0.29) is 9.79 Å². The van der Waals surface area contributed by atoms with Crippen LogP contribution in [0.2, 0.25) is 5.02 Å². The van der Waals surface area contributed by atoms with Crippen LogP contribution in [0, 0.1) is 0 Å². The molecule has 0 unspecified atom stereocenters. The highest BCUT2D eigenvalue weighted by atomic mass is 35.5. The molecule has 2 aliphatic rings. The first-order valence-electron chi connectivity index (χ1n) is 11.5. The van der Waals surface area contributed by atoms with Gasteiger partial charge in [-0.1, -0.05) is 90.5 Å². The molecule has 0 N–H and O–H groups in total. The van der Waals surface area contributed by atoms with E-state index in [1.807, 2.05) is 18.2 Å². The Labute approximate surface area is 209 Å². The third-order valence-electron chi connectivity index (χ3n) is 7.40. The van der Waals surface area contributed by atoms with E-state index >= 15 is 0 Å². The van der Waals surface area contributed by atoms with Gasteiger partial charge in [-0.2, -0.15) is 0 Å². The second-order valence-electron chi connectivity index (χ2n) is 9.05. The van der Waals surface area contributed by atoms with Crippen molar-refractivity contribution in [3.05, 3.63) is 143 Å². The summed E-state index contributed by atoms with van der Waals surface area (Å²) in [6.45, 7) is 0. The molecule has 0 aromatic heterocycles. The Morgan fingerprint density at radius 1 is 0.486 bits per heavy atom. The lowest BCUT2D eigenvalue weighted by atomic mass is 9.70. The molecule has 35 heavy (non-hydrogen) atoms.